The van der Waals surface area contributed by atoms with Crippen molar-refractivity contribution in [2.45, 2.75) is 26.4 Å². The Kier molecular flexibility index (Phi) is 8.32. The van der Waals surface area contributed by atoms with E-state index in [0.29, 0.717) is 6.54 Å². The minimum atomic E-state index is 0. The zero-order valence-electron chi connectivity index (χ0n) is 15.7. The summed E-state index contributed by atoms with van der Waals surface area (Å²) in [6.07, 6.45) is 2.89. The molecule has 1 heterocycles. The van der Waals surface area contributed by atoms with E-state index in [2.05, 4.69) is 68.9 Å². The predicted octanol–water partition coefficient (Wildman–Crippen LogP) is 4.12. The van der Waals surface area contributed by atoms with E-state index in [9.17, 15) is 0 Å². The maximum atomic E-state index is 4.44. The number of aromatic amines is 1. The van der Waals surface area contributed by atoms with Crippen LogP contribution in [0.2, 0.25) is 0 Å². The van der Waals surface area contributed by atoms with Crippen molar-refractivity contribution >= 4 is 29.9 Å². The van der Waals surface area contributed by atoms with Crippen LogP contribution in [0.15, 0.2) is 65.8 Å². The van der Waals surface area contributed by atoms with Gasteiger partial charge in [-0.15, -0.1) is 24.0 Å². The molecule has 0 fully saturated rings. The second kappa shape index (κ2) is 10.7. The molecule has 1 aromatic heterocycles. The van der Waals surface area contributed by atoms with E-state index in [1.54, 1.807) is 7.05 Å². The number of nitrogens with zero attached hydrogens (tertiary/aromatic N) is 2. The van der Waals surface area contributed by atoms with Gasteiger partial charge < -0.3 is 15.6 Å². The van der Waals surface area contributed by atoms with Gasteiger partial charge in [-0.3, -0.25) is 4.99 Å². The van der Waals surface area contributed by atoms with Crippen LogP contribution in [-0.2, 0) is 19.5 Å². The van der Waals surface area contributed by atoms with Gasteiger partial charge in [0.1, 0.15) is 5.82 Å². The van der Waals surface area contributed by atoms with Gasteiger partial charge in [0.15, 0.2) is 5.96 Å². The first-order valence-corrected chi connectivity index (χ1v) is 8.90. The highest BCUT2D eigenvalue weighted by molar-refractivity contribution is 14.0. The minimum Gasteiger partial charge on any atom is -0.352 e. The molecule has 0 bridgehead atoms. The summed E-state index contributed by atoms with van der Waals surface area (Å²) in [4.78, 5) is 12.1. The number of rotatable bonds is 6. The molecule has 142 valence electrons. The zero-order valence-corrected chi connectivity index (χ0v) is 18.0. The highest BCUT2D eigenvalue weighted by Crippen LogP contribution is 2.15. The second-order valence-corrected chi connectivity index (χ2v) is 6.01. The van der Waals surface area contributed by atoms with Gasteiger partial charge in [-0.05, 0) is 23.1 Å². The van der Waals surface area contributed by atoms with E-state index in [0.717, 1.165) is 36.0 Å². The summed E-state index contributed by atoms with van der Waals surface area (Å²) in [5, 5.41) is 6.67. The first-order chi connectivity index (χ1) is 12.8. The molecule has 0 atom stereocenters. The topological polar surface area (TPSA) is 65.1 Å². The largest absolute Gasteiger partial charge is 0.352 e. The standard InChI is InChI=1S/C21H25N5.HI/c1-3-16-9-7-8-12-18(16)13-24-21(22-2)25-15-20-23-14-19(26-20)17-10-5-4-6-11-17;/h4-12,14H,3,13,15H2,1-2H3,(H,23,26)(H2,22,24,25);1H. The van der Waals surface area contributed by atoms with Crippen LogP contribution in [0.5, 0.6) is 0 Å². The van der Waals surface area contributed by atoms with Crippen LogP contribution in [0, 0.1) is 0 Å². The third-order valence-corrected chi connectivity index (χ3v) is 4.31. The van der Waals surface area contributed by atoms with Gasteiger partial charge >= 0.3 is 0 Å². The van der Waals surface area contributed by atoms with Gasteiger partial charge in [0, 0.05) is 13.6 Å². The van der Waals surface area contributed by atoms with Crippen LogP contribution in [0.4, 0.5) is 0 Å². The fraction of sp³-hybridized carbons (Fsp3) is 0.238. The van der Waals surface area contributed by atoms with Crippen molar-refractivity contribution in [2.24, 2.45) is 4.99 Å². The van der Waals surface area contributed by atoms with Crippen molar-refractivity contribution < 1.29 is 0 Å². The molecule has 0 amide bonds. The highest BCUT2D eigenvalue weighted by atomic mass is 127. The molecule has 0 saturated carbocycles. The number of aromatic nitrogens is 2. The molecule has 0 aliphatic heterocycles. The normalized spacial score (nSPS) is 11.0. The molecule has 6 heteroatoms. The third-order valence-electron chi connectivity index (χ3n) is 4.31. The van der Waals surface area contributed by atoms with E-state index >= 15 is 0 Å². The number of hydrogen-bond donors (Lipinski definition) is 3. The second-order valence-electron chi connectivity index (χ2n) is 6.01. The fourth-order valence-electron chi connectivity index (χ4n) is 2.86. The molecule has 0 saturated heterocycles. The maximum absolute atomic E-state index is 4.44. The lowest BCUT2D eigenvalue weighted by molar-refractivity contribution is 0.778. The number of benzene rings is 2. The molecular weight excluding hydrogens is 449 g/mol. The molecule has 0 aliphatic rings. The summed E-state index contributed by atoms with van der Waals surface area (Å²) in [6, 6.07) is 18.7. The summed E-state index contributed by atoms with van der Waals surface area (Å²) >= 11 is 0. The Morgan fingerprint density at radius 3 is 2.33 bits per heavy atom. The average Bonchev–Trinajstić information content (AvgIpc) is 3.18. The number of aliphatic imine (C=N–C) groups is 1. The Labute approximate surface area is 177 Å². The number of nitrogens with one attached hydrogen (secondary N) is 3. The van der Waals surface area contributed by atoms with Gasteiger partial charge in [-0.2, -0.15) is 0 Å². The Bertz CT molecular complexity index is 858. The molecule has 5 nitrogen and oxygen atoms in total. The van der Waals surface area contributed by atoms with Gasteiger partial charge in [0.2, 0.25) is 0 Å². The van der Waals surface area contributed by atoms with Crippen LogP contribution < -0.4 is 10.6 Å². The SMILES string of the molecule is CCc1ccccc1CNC(=NC)NCc1ncc(-c2ccccc2)[nH]1.I. The lowest BCUT2D eigenvalue weighted by atomic mass is 10.1. The molecule has 2 aromatic carbocycles. The van der Waals surface area contributed by atoms with Gasteiger partial charge in [-0.1, -0.05) is 61.5 Å². The first-order valence-electron chi connectivity index (χ1n) is 8.90. The van der Waals surface area contributed by atoms with Gasteiger partial charge in [0.05, 0.1) is 18.4 Å². The molecule has 3 N–H and O–H groups in total. The van der Waals surface area contributed by atoms with E-state index < -0.39 is 0 Å². The zero-order chi connectivity index (χ0) is 18.2. The molecule has 27 heavy (non-hydrogen) atoms. The van der Waals surface area contributed by atoms with E-state index in [1.807, 2.05) is 24.4 Å². The molecule has 0 unspecified atom stereocenters. The molecule has 0 aliphatic carbocycles. The summed E-state index contributed by atoms with van der Waals surface area (Å²) in [5.41, 5.74) is 4.79. The molecule has 0 radical (unpaired) electrons. The Balaban J connectivity index is 0.00000261. The van der Waals surface area contributed by atoms with Crippen molar-refractivity contribution in [3.05, 3.63) is 77.7 Å². The van der Waals surface area contributed by atoms with E-state index in [4.69, 9.17) is 0 Å². The summed E-state index contributed by atoms with van der Waals surface area (Å²) in [5.74, 6) is 1.63. The highest BCUT2D eigenvalue weighted by Gasteiger charge is 2.05. The van der Waals surface area contributed by atoms with Crippen LogP contribution in [-0.4, -0.2) is 23.0 Å². The van der Waals surface area contributed by atoms with Crippen molar-refractivity contribution in [1.82, 2.24) is 20.6 Å². The molecule has 3 rings (SSSR count). The van der Waals surface area contributed by atoms with Crippen LogP contribution in [0.25, 0.3) is 11.3 Å². The summed E-state index contributed by atoms with van der Waals surface area (Å²) in [7, 11) is 1.78. The Morgan fingerprint density at radius 2 is 1.63 bits per heavy atom. The number of imidazole rings is 1. The number of H-pyrrole nitrogens is 1. The van der Waals surface area contributed by atoms with Crippen LogP contribution >= 0.6 is 24.0 Å². The van der Waals surface area contributed by atoms with Crippen molar-refractivity contribution in [1.29, 1.82) is 0 Å². The average molecular weight is 475 g/mol. The smallest absolute Gasteiger partial charge is 0.191 e. The van der Waals surface area contributed by atoms with E-state index in [-0.39, 0.29) is 24.0 Å². The number of guanidine groups is 1. The lowest BCUT2D eigenvalue weighted by Crippen LogP contribution is -2.36. The molecule has 0 spiro atoms. The molecular formula is C21H26IN5. The van der Waals surface area contributed by atoms with Gasteiger partial charge in [0.25, 0.3) is 0 Å². The van der Waals surface area contributed by atoms with Crippen molar-refractivity contribution in [2.75, 3.05) is 7.05 Å². The summed E-state index contributed by atoms with van der Waals surface area (Å²) < 4.78 is 0. The summed E-state index contributed by atoms with van der Waals surface area (Å²) in [6.45, 7) is 3.51. The van der Waals surface area contributed by atoms with Gasteiger partial charge in [-0.25, -0.2) is 4.98 Å². The fourth-order valence-corrected chi connectivity index (χ4v) is 2.86. The Morgan fingerprint density at radius 1 is 0.963 bits per heavy atom. The maximum Gasteiger partial charge on any atom is 0.191 e. The third kappa shape index (κ3) is 5.82. The minimum absolute atomic E-state index is 0. The predicted molar refractivity (Wildman–Crippen MR) is 122 cm³/mol. The van der Waals surface area contributed by atoms with Crippen LogP contribution in [0.1, 0.15) is 23.9 Å². The van der Waals surface area contributed by atoms with E-state index in [1.165, 1.54) is 11.1 Å². The Hall–Kier alpha value is -2.35. The monoisotopic (exact) mass is 475 g/mol. The van der Waals surface area contributed by atoms with Crippen molar-refractivity contribution in [3.8, 4) is 11.3 Å². The van der Waals surface area contributed by atoms with Crippen molar-refractivity contribution in [3.63, 3.8) is 0 Å². The quantitative estimate of drug-likeness (QED) is 0.286. The number of halogens is 1. The number of aryl methyl sites for hydroxylation is 1. The number of hydrogen-bond acceptors (Lipinski definition) is 2. The first kappa shape index (κ1) is 21.0. The van der Waals surface area contributed by atoms with Crippen LogP contribution in [0.3, 0.4) is 0 Å². The lowest BCUT2D eigenvalue weighted by Gasteiger charge is -2.13. The molecule has 3 aromatic rings.